The van der Waals surface area contributed by atoms with Gasteiger partial charge in [-0.15, -0.1) is 0 Å². The summed E-state index contributed by atoms with van der Waals surface area (Å²) < 4.78 is 0. The van der Waals surface area contributed by atoms with Crippen molar-refractivity contribution >= 4 is 0 Å². The number of aryl methyl sites for hydroxylation is 2. The van der Waals surface area contributed by atoms with Crippen molar-refractivity contribution in [2.24, 2.45) is 5.92 Å². The Hall–Kier alpha value is -1.60. The molecule has 1 nitrogen and oxygen atoms in total. The zero-order valence-electron chi connectivity index (χ0n) is 17.8. The average molecular weight is 364 g/mol. The summed E-state index contributed by atoms with van der Waals surface area (Å²) in [5.41, 5.74) is 5.72. The maximum atomic E-state index is 2.73. The van der Waals surface area contributed by atoms with Crippen molar-refractivity contribution in [3.63, 3.8) is 0 Å². The fourth-order valence-corrected chi connectivity index (χ4v) is 4.94. The first-order valence-electron chi connectivity index (χ1n) is 10.9. The van der Waals surface area contributed by atoms with Crippen LogP contribution < -0.4 is 0 Å². The molecule has 3 rings (SSSR count). The smallest absolute Gasteiger partial charge is 0.0215 e. The van der Waals surface area contributed by atoms with E-state index in [0.717, 1.165) is 0 Å². The Balaban J connectivity index is 2.05. The second kappa shape index (κ2) is 9.06. The van der Waals surface area contributed by atoms with Gasteiger partial charge in [0, 0.05) is 12.0 Å². The van der Waals surface area contributed by atoms with E-state index in [9.17, 15) is 0 Å². The second-order valence-corrected chi connectivity index (χ2v) is 8.79. The lowest BCUT2D eigenvalue weighted by Gasteiger charge is -2.42. The summed E-state index contributed by atoms with van der Waals surface area (Å²) in [6.45, 7) is 13.1. The van der Waals surface area contributed by atoms with Gasteiger partial charge in [0.05, 0.1) is 0 Å². The van der Waals surface area contributed by atoms with Gasteiger partial charge in [-0.3, -0.25) is 0 Å². The summed E-state index contributed by atoms with van der Waals surface area (Å²) in [5.74, 6) is 0.629. The van der Waals surface area contributed by atoms with Crippen molar-refractivity contribution in [3.05, 3.63) is 70.8 Å². The van der Waals surface area contributed by atoms with E-state index in [4.69, 9.17) is 0 Å². The van der Waals surface area contributed by atoms with Gasteiger partial charge in [0.1, 0.15) is 0 Å². The summed E-state index contributed by atoms with van der Waals surface area (Å²) in [5, 5.41) is 0. The normalized spacial score (nSPS) is 17.0. The van der Waals surface area contributed by atoms with Crippen molar-refractivity contribution in [2.75, 3.05) is 19.6 Å². The summed E-state index contributed by atoms with van der Waals surface area (Å²) in [7, 11) is 0. The standard InChI is InChI=1S/C26H37N/c1-5-11-25(20-27-16-7-6-8-17-27)26(4,23-14-9-12-21(2)18-23)24-15-10-13-22(3)19-24/h9-10,12-15,18-19,25H,5-8,11,16-17,20H2,1-4H3. The molecule has 1 fully saturated rings. The third-order valence-corrected chi connectivity index (χ3v) is 6.62. The first-order chi connectivity index (χ1) is 13.0. The van der Waals surface area contributed by atoms with E-state index in [1.165, 1.54) is 74.0 Å². The highest BCUT2D eigenvalue weighted by Crippen LogP contribution is 2.42. The molecule has 1 heterocycles. The number of hydrogen-bond acceptors (Lipinski definition) is 1. The Morgan fingerprint density at radius 2 is 1.44 bits per heavy atom. The Bertz CT molecular complexity index is 681. The van der Waals surface area contributed by atoms with Crippen LogP contribution in [-0.4, -0.2) is 24.5 Å². The predicted molar refractivity (Wildman–Crippen MR) is 118 cm³/mol. The highest BCUT2D eigenvalue weighted by molar-refractivity contribution is 5.42. The third-order valence-electron chi connectivity index (χ3n) is 6.62. The molecular formula is C26H37N. The molecule has 1 aliphatic rings. The van der Waals surface area contributed by atoms with Gasteiger partial charge in [-0.25, -0.2) is 0 Å². The molecule has 0 N–H and O–H groups in total. The van der Waals surface area contributed by atoms with Crippen LogP contribution in [0.15, 0.2) is 48.5 Å². The zero-order chi connectivity index (χ0) is 19.3. The molecule has 1 aliphatic heterocycles. The lowest BCUT2D eigenvalue weighted by molar-refractivity contribution is 0.158. The molecule has 0 spiro atoms. The molecule has 0 aromatic heterocycles. The molecule has 2 aromatic rings. The van der Waals surface area contributed by atoms with E-state index >= 15 is 0 Å². The van der Waals surface area contributed by atoms with E-state index in [-0.39, 0.29) is 5.41 Å². The van der Waals surface area contributed by atoms with E-state index in [0.29, 0.717) is 5.92 Å². The van der Waals surface area contributed by atoms with E-state index in [1.807, 2.05) is 0 Å². The minimum atomic E-state index is 0.0471. The van der Waals surface area contributed by atoms with Crippen molar-refractivity contribution in [1.82, 2.24) is 4.90 Å². The Morgan fingerprint density at radius 1 is 0.889 bits per heavy atom. The van der Waals surface area contributed by atoms with Crippen LogP contribution in [0.25, 0.3) is 0 Å². The number of benzene rings is 2. The van der Waals surface area contributed by atoms with Gasteiger partial charge >= 0.3 is 0 Å². The second-order valence-electron chi connectivity index (χ2n) is 8.79. The van der Waals surface area contributed by atoms with Crippen molar-refractivity contribution < 1.29 is 0 Å². The van der Waals surface area contributed by atoms with Gasteiger partial charge in [0.25, 0.3) is 0 Å². The van der Waals surface area contributed by atoms with E-state index < -0.39 is 0 Å². The van der Waals surface area contributed by atoms with Crippen LogP contribution in [-0.2, 0) is 5.41 Å². The summed E-state index contributed by atoms with van der Waals surface area (Å²) in [4.78, 5) is 2.73. The van der Waals surface area contributed by atoms with Crippen LogP contribution in [0.2, 0.25) is 0 Å². The topological polar surface area (TPSA) is 3.24 Å². The Morgan fingerprint density at radius 3 is 1.93 bits per heavy atom. The van der Waals surface area contributed by atoms with Crippen LogP contribution >= 0.6 is 0 Å². The molecular weight excluding hydrogens is 326 g/mol. The Labute approximate surface area is 166 Å². The molecule has 0 bridgehead atoms. The first kappa shape index (κ1) is 20.1. The number of nitrogens with zero attached hydrogens (tertiary/aromatic N) is 1. The van der Waals surface area contributed by atoms with Gasteiger partial charge in [-0.1, -0.05) is 86.3 Å². The summed E-state index contributed by atoms with van der Waals surface area (Å²) in [6, 6.07) is 18.5. The molecule has 1 atom stereocenters. The fraction of sp³-hybridized carbons (Fsp3) is 0.538. The third kappa shape index (κ3) is 4.63. The summed E-state index contributed by atoms with van der Waals surface area (Å²) in [6.07, 6.45) is 6.65. The first-order valence-corrected chi connectivity index (χ1v) is 10.9. The average Bonchev–Trinajstić information content (AvgIpc) is 2.68. The largest absolute Gasteiger partial charge is 0.303 e. The molecule has 27 heavy (non-hydrogen) atoms. The maximum Gasteiger partial charge on any atom is 0.0215 e. The molecule has 0 saturated carbocycles. The van der Waals surface area contributed by atoms with Crippen molar-refractivity contribution in [1.29, 1.82) is 0 Å². The highest BCUT2D eigenvalue weighted by atomic mass is 15.1. The van der Waals surface area contributed by atoms with Gasteiger partial charge in [-0.2, -0.15) is 0 Å². The minimum Gasteiger partial charge on any atom is -0.303 e. The van der Waals surface area contributed by atoms with Crippen molar-refractivity contribution in [3.8, 4) is 0 Å². The number of rotatable bonds is 7. The molecule has 0 amide bonds. The number of piperidine rings is 1. The molecule has 1 unspecified atom stereocenters. The van der Waals surface area contributed by atoms with Gasteiger partial charge < -0.3 is 4.90 Å². The fourth-order valence-electron chi connectivity index (χ4n) is 4.94. The lowest BCUT2D eigenvalue weighted by atomic mass is 9.65. The summed E-state index contributed by atoms with van der Waals surface area (Å²) >= 11 is 0. The van der Waals surface area contributed by atoms with Crippen molar-refractivity contribution in [2.45, 2.75) is 65.2 Å². The SMILES string of the molecule is CCCC(CN1CCCCC1)C(C)(c1cccc(C)c1)c1cccc(C)c1. The highest BCUT2D eigenvalue weighted by Gasteiger charge is 2.38. The minimum absolute atomic E-state index is 0.0471. The molecule has 1 saturated heterocycles. The van der Waals surface area contributed by atoms with Gasteiger partial charge in [0.15, 0.2) is 0 Å². The monoisotopic (exact) mass is 363 g/mol. The molecule has 0 radical (unpaired) electrons. The number of likely N-dealkylation sites (tertiary alicyclic amines) is 1. The predicted octanol–water partition coefficient (Wildman–Crippen LogP) is 6.51. The Kier molecular flexibility index (Phi) is 6.76. The molecule has 146 valence electrons. The van der Waals surface area contributed by atoms with Crippen LogP contribution in [0.1, 0.15) is 68.2 Å². The lowest BCUT2D eigenvalue weighted by Crippen LogP contribution is -2.43. The molecule has 0 aliphatic carbocycles. The van der Waals surface area contributed by atoms with Crippen LogP contribution in [0.3, 0.4) is 0 Å². The zero-order valence-corrected chi connectivity index (χ0v) is 17.8. The van der Waals surface area contributed by atoms with Gasteiger partial charge in [0.2, 0.25) is 0 Å². The molecule has 1 heteroatoms. The van der Waals surface area contributed by atoms with E-state index in [1.54, 1.807) is 0 Å². The van der Waals surface area contributed by atoms with Crippen LogP contribution in [0, 0.1) is 19.8 Å². The van der Waals surface area contributed by atoms with Crippen LogP contribution in [0.5, 0.6) is 0 Å². The van der Waals surface area contributed by atoms with Gasteiger partial charge in [-0.05, 0) is 63.2 Å². The number of hydrogen-bond donors (Lipinski definition) is 0. The van der Waals surface area contributed by atoms with Crippen LogP contribution in [0.4, 0.5) is 0 Å². The maximum absolute atomic E-state index is 2.73. The quantitative estimate of drug-likeness (QED) is 0.542. The molecule has 2 aromatic carbocycles. The van der Waals surface area contributed by atoms with E-state index in [2.05, 4.69) is 81.1 Å².